The van der Waals surface area contributed by atoms with Crippen LogP contribution in [0.2, 0.25) is 0 Å². The van der Waals surface area contributed by atoms with E-state index in [0.29, 0.717) is 19.6 Å². The van der Waals surface area contributed by atoms with Crippen LogP contribution in [0.4, 0.5) is 4.79 Å². The van der Waals surface area contributed by atoms with Crippen LogP contribution in [0.25, 0.3) is 0 Å². The molecule has 0 heterocycles. The van der Waals surface area contributed by atoms with Crippen LogP contribution in [-0.4, -0.2) is 31.3 Å². The van der Waals surface area contributed by atoms with E-state index in [9.17, 15) is 9.59 Å². The van der Waals surface area contributed by atoms with Gasteiger partial charge in [-0.1, -0.05) is 51.1 Å². The van der Waals surface area contributed by atoms with E-state index < -0.39 is 18.1 Å². The number of esters is 1. The van der Waals surface area contributed by atoms with E-state index in [0.717, 1.165) is 12.0 Å². The SMILES string of the molecule is CCCOC(=O)N[C@@H](Cc1ccccc1)C(=O)OCC(C)C. The molecular formula is C17H25NO4. The molecule has 5 nitrogen and oxygen atoms in total. The molecule has 1 aromatic carbocycles. The largest absolute Gasteiger partial charge is 0.464 e. The van der Waals surface area contributed by atoms with E-state index >= 15 is 0 Å². The first-order valence-electron chi connectivity index (χ1n) is 7.66. The zero-order chi connectivity index (χ0) is 16.4. The maximum absolute atomic E-state index is 12.2. The second-order valence-corrected chi connectivity index (χ2v) is 5.55. The average Bonchev–Trinajstić information content (AvgIpc) is 2.51. The molecule has 0 bridgehead atoms. The summed E-state index contributed by atoms with van der Waals surface area (Å²) < 4.78 is 10.2. The van der Waals surface area contributed by atoms with Crippen molar-refractivity contribution in [1.82, 2.24) is 5.32 Å². The van der Waals surface area contributed by atoms with Gasteiger partial charge in [-0.2, -0.15) is 0 Å². The van der Waals surface area contributed by atoms with E-state index in [4.69, 9.17) is 9.47 Å². The summed E-state index contributed by atoms with van der Waals surface area (Å²) in [6.45, 7) is 6.48. The molecule has 0 aliphatic rings. The highest BCUT2D eigenvalue weighted by Crippen LogP contribution is 2.06. The van der Waals surface area contributed by atoms with Gasteiger partial charge in [0.2, 0.25) is 0 Å². The van der Waals surface area contributed by atoms with Crippen molar-refractivity contribution in [2.24, 2.45) is 5.92 Å². The molecule has 0 aliphatic carbocycles. The Morgan fingerprint density at radius 3 is 2.41 bits per heavy atom. The molecule has 0 saturated heterocycles. The van der Waals surface area contributed by atoms with Crippen molar-refractivity contribution in [2.45, 2.75) is 39.7 Å². The normalized spacial score (nSPS) is 11.8. The Morgan fingerprint density at radius 2 is 1.82 bits per heavy atom. The number of amides is 1. The number of alkyl carbamates (subject to hydrolysis) is 1. The summed E-state index contributed by atoms with van der Waals surface area (Å²) in [7, 11) is 0. The third-order valence-electron chi connectivity index (χ3n) is 2.86. The van der Waals surface area contributed by atoms with Gasteiger partial charge in [0.15, 0.2) is 0 Å². The summed E-state index contributed by atoms with van der Waals surface area (Å²) in [5.41, 5.74) is 0.949. The smallest absolute Gasteiger partial charge is 0.407 e. The number of benzene rings is 1. The molecule has 5 heteroatoms. The molecule has 0 fully saturated rings. The predicted octanol–water partition coefficient (Wildman–Crippen LogP) is 2.93. The van der Waals surface area contributed by atoms with Crippen molar-refractivity contribution < 1.29 is 19.1 Å². The summed E-state index contributed by atoms with van der Waals surface area (Å²) >= 11 is 0. The average molecular weight is 307 g/mol. The molecule has 1 rings (SSSR count). The fourth-order valence-corrected chi connectivity index (χ4v) is 1.77. The number of carbonyl (C=O) groups is 2. The minimum Gasteiger partial charge on any atom is -0.464 e. The summed E-state index contributed by atoms with van der Waals surface area (Å²) in [4.78, 5) is 23.9. The maximum Gasteiger partial charge on any atom is 0.407 e. The van der Waals surface area contributed by atoms with Crippen molar-refractivity contribution in [2.75, 3.05) is 13.2 Å². The molecule has 0 unspecified atom stereocenters. The molecule has 122 valence electrons. The molecule has 1 atom stereocenters. The Hall–Kier alpha value is -2.04. The van der Waals surface area contributed by atoms with Crippen LogP contribution in [0.3, 0.4) is 0 Å². The maximum atomic E-state index is 12.2. The molecule has 1 N–H and O–H groups in total. The topological polar surface area (TPSA) is 64.6 Å². The van der Waals surface area contributed by atoms with Gasteiger partial charge >= 0.3 is 12.1 Å². The Kier molecular flexibility index (Phi) is 8.04. The number of carbonyl (C=O) groups excluding carboxylic acids is 2. The first kappa shape index (κ1) is 18.0. The molecule has 0 radical (unpaired) electrons. The van der Waals surface area contributed by atoms with Crippen LogP contribution in [0, 0.1) is 5.92 Å². The lowest BCUT2D eigenvalue weighted by Crippen LogP contribution is -2.44. The van der Waals surface area contributed by atoms with Gasteiger partial charge < -0.3 is 14.8 Å². The van der Waals surface area contributed by atoms with Gasteiger partial charge in [0.1, 0.15) is 6.04 Å². The van der Waals surface area contributed by atoms with Gasteiger partial charge in [-0.25, -0.2) is 9.59 Å². The standard InChI is InChI=1S/C17H25NO4/c1-4-10-21-17(20)18-15(16(19)22-12-13(2)3)11-14-8-6-5-7-9-14/h5-9,13,15H,4,10-12H2,1-3H3,(H,18,20)/t15-/m0/s1. The van der Waals surface area contributed by atoms with Gasteiger partial charge in [-0.3, -0.25) is 0 Å². The fraction of sp³-hybridized carbons (Fsp3) is 0.529. The molecule has 0 aliphatic heterocycles. The molecule has 0 aromatic heterocycles. The Bertz CT molecular complexity index is 459. The van der Waals surface area contributed by atoms with Crippen LogP contribution < -0.4 is 5.32 Å². The van der Waals surface area contributed by atoms with E-state index in [1.165, 1.54) is 0 Å². The number of rotatable bonds is 8. The van der Waals surface area contributed by atoms with Crippen molar-refractivity contribution in [1.29, 1.82) is 0 Å². The van der Waals surface area contributed by atoms with Crippen molar-refractivity contribution in [3.8, 4) is 0 Å². The second-order valence-electron chi connectivity index (χ2n) is 5.55. The van der Waals surface area contributed by atoms with E-state index in [2.05, 4.69) is 5.32 Å². The summed E-state index contributed by atoms with van der Waals surface area (Å²) in [5.74, 6) is -0.195. The van der Waals surface area contributed by atoms with Gasteiger partial charge in [0.25, 0.3) is 0 Å². The van der Waals surface area contributed by atoms with E-state index in [1.54, 1.807) is 0 Å². The molecule has 0 spiro atoms. The van der Waals surface area contributed by atoms with Gasteiger partial charge in [0.05, 0.1) is 13.2 Å². The fourth-order valence-electron chi connectivity index (χ4n) is 1.77. The molecule has 0 saturated carbocycles. The monoisotopic (exact) mass is 307 g/mol. The Labute approximate surface area is 132 Å². The van der Waals surface area contributed by atoms with Crippen LogP contribution >= 0.6 is 0 Å². The van der Waals surface area contributed by atoms with Crippen LogP contribution in [0.5, 0.6) is 0 Å². The molecular weight excluding hydrogens is 282 g/mol. The Morgan fingerprint density at radius 1 is 1.14 bits per heavy atom. The first-order chi connectivity index (χ1) is 10.5. The highest BCUT2D eigenvalue weighted by Gasteiger charge is 2.23. The zero-order valence-electron chi connectivity index (χ0n) is 13.5. The van der Waals surface area contributed by atoms with Crippen LogP contribution in [-0.2, 0) is 20.7 Å². The minimum absolute atomic E-state index is 0.244. The third kappa shape index (κ3) is 7.11. The van der Waals surface area contributed by atoms with Crippen molar-refractivity contribution in [3.63, 3.8) is 0 Å². The van der Waals surface area contributed by atoms with E-state index in [1.807, 2.05) is 51.1 Å². The number of nitrogens with one attached hydrogen (secondary N) is 1. The van der Waals surface area contributed by atoms with Crippen LogP contribution in [0.1, 0.15) is 32.8 Å². The first-order valence-corrected chi connectivity index (χ1v) is 7.66. The predicted molar refractivity (Wildman–Crippen MR) is 84.5 cm³/mol. The lowest BCUT2D eigenvalue weighted by molar-refractivity contribution is -0.147. The zero-order valence-corrected chi connectivity index (χ0v) is 13.5. The lowest BCUT2D eigenvalue weighted by Gasteiger charge is -2.18. The number of hydrogen-bond acceptors (Lipinski definition) is 4. The summed E-state index contributed by atoms with van der Waals surface area (Å²) in [5, 5.41) is 2.59. The minimum atomic E-state index is -0.745. The van der Waals surface area contributed by atoms with Gasteiger partial charge in [-0.05, 0) is 17.9 Å². The highest BCUT2D eigenvalue weighted by molar-refractivity contribution is 5.81. The number of hydrogen-bond donors (Lipinski definition) is 1. The summed E-state index contributed by atoms with van der Waals surface area (Å²) in [6, 6.07) is 8.75. The highest BCUT2D eigenvalue weighted by atomic mass is 16.6. The summed E-state index contributed by atoms with van der Waals surface area (Å²) in [6.07, 6.45) is 0.511. The molecule has 1 amide bonds. The lowest BCUT2D eigenvalue weighted by atomic mass is 10.1. The van der Waals surface area contributed by atoms with E-state index in [-0.39, 0.29) is 5.92 Å². The molecule has 1 aromatic rings. The van der Waals surface area contributed by atoms with Gasteiger partial charge in [0, 0.05) is 6.42 Å². The molecule has 22 heavy (non-hydrogen) atoms. The van der Waals surface area contributed by atoms with Crippen LogP contribution in [0.15, 0.2) is 30.3 Å². The number of ether oxygens (including phenoxy) is 2. The van der Waals surface area contributed by atoms with Crippen molar-refractivity contribution in [3.05, 3.63) is 35.9 Å². The Balaban J connectivity index is 2.67. The van der Waals surface area contributed by atoms with Gasteiger partial charge in [-0.15, -0.1) is 0 Å². The third-order valence-corrected chi connectivity index (χ3v) is 2.86. The second kappa shape index (κ2) is 9.82. The quantitative estimate of drug-likeness (QED) is 0.750. The van der Waals surface area contributed by atoms with Crippen molar-refractivity contribution >= 4 is 12.1 Å².